The van der Waals surface area contributed by atoms with Crippen LogP contribution >= 0.6 is 0 Å². The quantitative estimate of drug-likeness (QED) is 0.613. The standard InChI is InChI=1S/C15H5N5/c16-3-9-1-10(4-17)15-14(12(5-18)7-20-15)13-8-19-6-11(13)2-9/h1-2,6-8H. The largest absolute Gasteiger partial charge is 0.263 e. The third-order valence-electron chi connectivity index (χ3n) is 3.06. The molecule has 0 N–H and O–H groups in total. The highest BCUT2D eigenvalue weighted by atomic mass is 14.7. The van der Waals surface area contributed by atoms with Gasteiger partial charge in [-0.15, -0.1) is 0 Å². The Morgan fingerprint density at radius 2 is 1.65 bits per heavy atom. The third-order valence-corrected chi connectivity index (χ3v) is 3.06. The SMILES string of the molecule is N#Cc1cc2cncc-2c2c(C#N)cnc-2c(C#N)c1. The lowest BCUT2D eigenvalue weighted by atomic mass is 9.95. The van der Waals surface area contributed by atoms with Gasteiger partial charge in [0.1, 0.15) is 12.1 Å². The number of fused-ring (bicyclic) bond motifs is 3. The highest BCUT2D eigenvalue weighted by molar-refractivity contribution is 5.89. The van der Waals surface area contributed by atoms with E-state index in [0.29, 0.717) is 27.9 Å². The summed E-state index contributed by atoms with van der Waals surface area (Å²) in [6.45, 7) is 0. The van der Waals surface area contributed by atoms with Crippen LogP contribution in [0.15, 0.2) is 30.7 Å². The second kappa shape index (κ2) is 4.31. The molecule has 5 heteroatoms. The van der Waals surface area contributed by atoms with Crippen molar-refractivity contribution in [1.29, 1.82) is 15.8 Å². The summed E-state index contributed by atoms with van der Waals surface area (Å²) in [5.74, 6) is 0. The predicted octanol–water partition coefficient (Wildman–Crippen LogP) is 2.30. The van der Waals surface area contributed by atoms with Crippen LogP contribution in [0.5, 0.6) is 0 Å². The van der Waals surface area contributed by atoms with E-state index in [1.807, 2.05) is 12.1 Å². The van der Waals surface area contributed by atoms with E-state index in [9.17, 15) is 10.5 Å². The Labute approximate surface area is 114 Å². The minimum atomic E-state index is 0.265. The van der Waals surface area contributed by atoms with Gasteiger partial charge in [0.2, 0.25) is 0 Å². The number of rotatable bonds is 0. The molecule has 3 rings (SSSR count). The molecule has 0 fully saturated rings. The van der Waals surface area contributed by atoms with Gasteiger partial charge in [0.15, 0.2) is 0 Å². The highest BCUT2D eigenvalue weighted by Crippen LogP contribution is 2.37. The van der Waals surface area contributed by atoms with Gasteiger partial charge in [0, 0.05) is 35.3 Å². The average molecular weight is 255 g/mol. The molecular formula is C15H5N5. The maximum atomic E-state index is 9.26. The Morgan fingerprint density at radius 1 is 0.850 bits per heavy atom. The van der Waals surface area contributed by atoms with Gasteiger partial charge in [-0.1, -0.05) is 0 Å². The van der Waals surface area contributed by atoms with E-state index >= 15 is 0 Å². The molecule has 1 aliphatic carbocycles. The lowest BCUT2D eigenvalue weighted by Gasteiger charge is -2.04. The maximum absolute atomic E-state index is 9.26. The molecule has 0 saturated heterocycles. The smallest absolute Gasteiger partial charge is 0.101 e. The van der Waals surface area contributed by atoms with E-state index in [-0.39, 0.29) is 5.56 Å². The number of aromatic nitrogens is 2. The van der Waals surface area contributed by atoms with Crippen LogP contribution in [0.1, 0.15) is 16.7 Å². The average Bonchev–Trinajstić information content (AvgIpc) is 3.06. The van der Waals surface area contributed by atoms with Crippen LogP contribution in [0.2, 0.25) is 0 Å². The summed E-state index contributed by atoms with van der Waals surface area (Å²) in [4.78, 5) is 8.21. The second-order valence-electron chi connectivity index (χ2n) is 4.16. The van der Waals surface area contributed by atoms with Gasteiger partial charge in [-0.05, 0) is 12.1 Å². The third kappa shape index (κ3) is 1.54. The van der Waals surface area contributed by atoms with Crippen molar-refractivity contribution in [3.05, 3.63) is 47.4 Å². The van der Waals surface area contributed by atoms with E-state index < -0.39 is 0 Å². The zero-order valence-corrected chi connectivity index (χ0v) is 10.1. The highest BCUT2D eigenvalue weighted by Gasteiger charge is 2.21. The Morgan fingerprint density at radius 3 is 2.35 bits per heavy atom. The predicted molar refractivity (Wildman–Crippen MR) is 69.4 cm³/mol. The first-order chi connectivity index (χ1) is 9.78. The van der Waals surface area contributed by atoms with Gasteiger partial charge in [-0.2, -0.15) is 15.8 Å². The number of nitrogens with zero attached hydrogens (tertiary/aromatic N) is 5. The Bertz CT molecular complexity index is 892. The minimum absolute atomic E-state index is 0.265. The summed E-state index contributed by atoms with van der Waals surface area (Å²) >= 11 is 0. The molecule has 0 spiro atoms. The molecule has 2 heterocycles. The first kappa shape index (κ1) is 11.6. The molecule has 0 amide bonds. The first-order valence-electron chi connectivity index (χ1n) is 5.69. The monoisotopic (exact) mass is 255 g/mol. The summed E-state index contributed by atoms with van der Waals surface area (Å²) in [7, 11) is 0. The van der Waals surface area contributed by atoms with Gasteiger partial charge in [-0.25, -0.2) is 0 Å². The van der Waals surface area contributed by atoms with Crippen molar-refractivity contribution in [1.82, 2.24) is 9.97 Å². The van der Waals surface area contributed by atoms with Crippen LogP contribution in [0.3, 0.4) is 0 Å². The van der Waals surface area contributed by atoms with Crippen molar-refractivity contribution in [3.8, 4) is 40.6 Å². The summed E-state index contributed by atoms with van der Waals surface area (Å²) in [5, 5.41) is 27.6. The van der Waals surface area contributed by atoms with Gasteiger partial charge in [0.25, 0.3) is 0 Å². The molecule has 3 aliphatic rings. The van der Waals surface area contributed by atoms with Crippen LogP contribution in [0.25, 0.3) is 22.4 Å². The van der Waals surface area contributed by atoms with E-state index in [0.717, 1.165) is 5.56 Å². The molecule has 0 bridgehead atoms. The summed E-state index contributed by atoms with van der Waals surface area (Å²) < 4.78 is 0. The van der Waals surface area contributed by atoms with Crippen LogP contribution in [0.4, 0.5) is 0 Å². The van der Waals surface area contributed by atoms with Gasteiger partial charge in [-0.3, -0.25) is 9.97 Å². The molecule has 0 unspecified atom stereocenters. The van der Waals surface area contributed by atoms with Crippen molar-refractivity contribution < 1.29 is 0 Å². The van der Waals surface area contributed by atoms with Crippen LogP contribution in [-0.4, -0.2) is 9.97 Å². The molecule has 0 aromatic rings. The summed E-state index contributed by atoms with van der Waals surface area (Å²) in [6.07, 6.45) is 4.67. The zero-order chi connectivity index (χ0) is 14.1. The Balaban J connectivity index is 2.53. The van der Waals surface area contributed by atoms with Gasteiger partial charge in [0.05, 0.1) is 28.5 Å². The van der Waals surface area contributed by atoms with E-state index in [1.54, 1.807) is 18.5 Å². The van der Waals surface area contributed by atoms with Crippen molar-refractivity contribution in [2.75, 3.05) is 0 Å². The minimum Gasteiger partial charge on any atom is -0.263 e. The van der Waals surface area contributed by atoms with Crippen molar-refractivity contribution in [2.45, 2.75) is 0 Å². The molecular weight excluding hydrogens is 250 g/mol. The van der Waals surface area contributed by atoms with Crippen molar-refractivity contribution in [2.24, 2.45) is 0 Å². The topological polar surface area (TPSA) is 97.2 Å². The van der Waals surface area contributed by atoms with Gasteiger partial charge < -0.3 is 0 Å². The molecule has 0 aromatic heterocycles. The van der Waals surface area contributed by atoms with Gasteiger partial charge >= 0.3 is 0 Å². The van der Waals surface area contributed by atoms with Crippen LogP contribution in [0, 0.1) is 34.0 Å². The second-order valence-corrected chi connectivity index (χ2v) is 4.16. The van der Waals surface area contributed by atoms with E-state index in [4.69, 9.17) is 5.26 Å². The molecule has 20 heavy (non-hydrogen) atoms. The fourth-order valence-corrected chi connectivity index (χ4v) is 2.19. The Hall–Kier alpha value is -3.49. The number of nitriles is 3. The fourth-order valence-electron chi connectivity index (χ4n) is 2.19. The van der Waals surface area contributed by atoms with Crippen LogP contribution in [-0.2, 0) is 0 Å². The maximum Gasteiger partial charge on any atom is 0.101 e. The fraction of sp³-hybridized carbons (Fsp3) is 0. The van der Waals surface area contributed by atoms with E-state index in [2.05, 4.69) is 16.0 Å². The molecule has 90 valence electrons. The molecule has 0 aromatic carbocycles. The Kier molecular flexibility index (Phi) is 2.50. The van der Waals surface area contributed by atoms with Crippen LogP contribution < -0.4 is 0 Å². The summed E-state index contributed by atoms with van der Waals surface area (Å²) in [6, 6.07) is 9.26. The lowest BCUT2D eigenvalue weighted by Crippen LogP contribution is -1.89. The summed E-state index contributed by atoms with van der Waals surface area (Å²) in [5.41, 5.74) is 3.47. The molecule has 0 saturated carbocycles. The van der Waals surface area contributed by atoms with E-state index in [1.165, 1.54) is 12.3 Å². The lowest BCUT2D eigenvalue weighted by molar-refractivity contribution is 1.37. The first-order valence-corrected chi connectivity index (χ1v) is 5.69. The molecule has 2 aliphatic heterocycles. The number of hydrogen-bond donors (Lipinski definition) is 0. The number of hydrogen-bond acceptors (Lipinski definition) is 5. The van der Waals surface area contributed by atoms with Crippen molar-refractivity contribution in [3.63, 3.8) is 0 Å². The van der Waals surface area contributed by atoms with Crippen molar-refractivity contribution >= 4 is 0 Å². The molecule has 0 atom stereocenters. The molecule has 0 radical (unpaired) electrons. The molecule has 5 nitrogen and oxygen atoms in total. The normalized spacial score (nSPS) is 9.85. The zero-order valence-electron chi connectivity index (χ0n) is 10.1.